The summed E-state index contributed by atoms with van der Waals surface area (Å²) in [5.74, 6) is 0.322. The number of fused-ring (bicyclic) bond motifs is 1. The highest BCUT2D eigenvalue weighted by molar-refractivity contribution is 8.01. The normalized spacial score (nSPS) is 26.3. The van der Waals surface area contributed by atoms with Crippen LogP contribution < -0.4 is 10.0 Å². The van der Waals surface area contributed by atoms with Crippen LogP contribution in [0, 0.1) is 0 Å². The Balaban J connectivity index is 1.74. The molecule has 7 nitrogen and oxygen atoms in total. The maximum Gasteiger partial charge on any atom is 0.248 e. The first-order valence-electron chi connectivity index (χ1n) is 7.53. The maximum atomic E-state index is 12.6. The lowest BCUT2D eigenvalue weighted by Gasteiger charge is -2.29. The minimum atomic E-state index is -3.38. The second-order valence-electron chi connectivity index (χ2n) is 6.21. The number of carbonyl (C=O) groups excluding carboxylic acids is 2. The van der Waals surface area contributed by atoms with Crippen molar-refractivity contribution in [2.24, 2.45) is 0 Å². The highest BCUT2D eigenvalue weighted by atomic mass is 32.2. The molecule has 0 radical (unpaired) electrons. The molecular weight excluding hydrogens is 350 g/mol. The molecule has 2 amide bonds. The van der Waals surface area contributed by atoms with Crippen molar-refractivity contribution in [1.29, 1.82) is 0 Å². The first-order valence-corrected chi connectivity index (χ1v) is 10.4. The van der Waals surface area contributed by atoms with E-state index in [4.69, 9.17) is 0 Å². The average Bonchev–Trinajstić information content (AvgIpc) is 2.94. The number of nitrogens with one attached hydrogen (secondary N) is 2. The summed E-state index contributed by atoms with van der Waals surface area (Å²) in [5.41, 5.74) is 0.858. The van der Waals surface area contributed by atoms with Gasteiger partial charge < -0.3 is 10.2 Å². The fourth-order valence-electron chi connectivity index (χ4n) is 3.11. The predicted molar refractivity (Wildman–Crippen MR) is 94.3 cm³/mol. The van der Waals surface area contributed by atoms with Crippen LogP contribution in [-0.4, -0.2) is 48.1 Å². The van der Waals surface area contributed by atoms with Crippen molar-refractivity contribution < 1.29 is 18.0 Å². The molecule has 2 aliphatic rings. The Bertz CT molecular complexity index is 796. The van der Waals surface area contributed by atoms with Crippen molar-refractivity contribution in [2.45, 2.75) is 30.7 Å². The molecule has 0 bridgehead atoms. The monoisotopic (exact) mass is 369 g/mol. The number of amides is 2. The summed E-state index contributed by atoms with van der Waals surface area (Å²) in [6.45, 7) is 1.99. The number of anilines is 2. The number of sulfonamides is 1. The van der Waals surface area contributed by atoms with Gasteiger partial charge in [0.05, 0.1) is 16.8 Å². The van der Waals surface area contributed by atoms with Gasteiger partial charge in [0.1, 0.15) is 6.04 Å². The van der Waals surface area contributed by atoms with Gasteiger partial charge in [-0.25, -0.2) is 8.42 Å². The minimum absolute atomic E-state index is 0.00939. The number of carbonyl (C=O) groups is 2. The molecule has 2 heterocycles. The van der Waals surface area contributed by atoms with E-state index in [-0.39, 0.29) is 16.7 Å². The van der Waals surface area contributed by atoms with E-state index in [1.54, 1.807) is 40.9 Å². The maximum absolute atomic E-state index is 12.6. The predicted octanol–water partition coefficient (Wildman–Crippen LogP) is 1.45. The molecule has 0 saturated carbocycles. The van der Waals surface area contributed by atoms with Crippen LogP contribution in [-0.2, 0) is 19.6 Å². The van der Waals surface area contributed by atoms with Crippen LogP contribution in [0.3, 0.4) is 0 Å². The van der Waals surface area contributed by atoms with Crippen LogP contribution in [0.4, 0.5) is 11.4 Å². The number of hydrogen-bond donors (Lipinski definition) is 2. The summed E-state index contributed by atoms with van der Waals surface area (Å²) in [7, 11) is -3.38. The lowest BCUT2D eigenvalue weighted by molar-refractivity contribution is -0.135. The number of nitrogens with zero attached hydrogens (tertiary/aromatic N) is 1. The first kappa shape index (κ1) is 17.1. The van der Waals surface area contributed by atoms with Crippen molar-refractivity contribution in [3.63, 3.8) is 0 Å². The summed E-state index contributed by atoms with van der Waals surface area (Å²) >= 11 is 1.63. The molecule has 2 aliphatic heterocycles. The number of benzene rings is 1. The quantitative estimate of drug-likeness (QED) is 0.837. The van der Waals surface area contributed by atoms with Crippen LogP contribution in [0.2, 0.25) is 0 Å². The fraction of sp³-hybridized carbons (Fsp3) is 0.467. The van der Waals surface area contributed by atoms with Crippen molar-refractivity contribution in [1.82, 2.24) is 4.90 Å². The Morgan fingerprint density at radius 3 is 2.79 bits per heavy atom. The summed E-state index contributed by atoms with van der Waals surface area (Å²) in [6, 6.07) is 5.98. The number of rotatable bonds is 4. The van der Waals surface area contributed by atoms with Crippen LogP contribution in [0.5, 0.6) is 0 Å². The van der Waals surface area contributed by atoms with Crippen molar-refractivity contribution in [2.75, 3.05) is 22.0 Å². The summed E-state index contributed by atoms with van der Waals surface area (Å²) in [6.07, 6.45) is 2.29. The third-order valence-electron chi connectivity index (χ3n) is 4.18. The minimum Gasteiger partial charge on any atom is -0.324 e. The van der Waals surface area contributed by atoms with Gasteiger partial charge in [-0.05, 0) is 31.5 Å². The molecule has 2 fully saturated rings. The van der Waals surface area contributed by atoms with Gasteiger partial charge in [-0.15, -0.1) is 11.8 Å². The molecule has 24 heavy (non-hydrogen) atoms. The summed E-state index contributed by atoms with van der Waals surface area (Å²) in [5, 5.41) is 2.78. The number of hydrogen-bond acceptors (Lipinski definition) is 5. The Labute approximate surface area is 145 Å². The second kappa shape index (κ2) is 5.96. The summed E-state index contributed by atoms with van der Waals surface area (Å²) < 4.78 is 25.0. The van der Waals surface area contributed by atoms with Gasteiger partial charge in [-0.1, -0.05) is 6.07 Å². The molecule has 2 N–H and O–H groups in total. The van der Waals surface area contributed by atoms with Crippen molar-refractivity contribution in [3.05, 3.63) is 24.3 Å². The Morgan fingerprint density at radius 2 is 2.08 bits per heavy atom. The molecule has 0 aromatic heterocycles. The molecule has 3 rings (SSSR count). The smallest absolute Gasteiger partial charge is 0.248 e. The van der Waals surface area contributed by atoms with Gasteiger partial charge in [-0.3, -0.25) is 14.3 Å². The Morgan fingerprint density at radius 1 is 1.38 bits per heavy atom. The highest BCUT2D eigenvalue weighted by Crippen LogP contribution is 2.47. The molecule has 9 heteroatoms. The highest BCUT2D eigenvalue weighted by Gasteiger charge is 2.52. The topological polar surface area (TPSA) is 95.6 Å². The SMILES string of the molecule is C[C@]12CCC(=O)N1[C@@H](C(=O)Nc1cccc(NS(C)(=O)=O)c1)CS2. The third kappa shape index (κ3) is 3.36. The van der Waals surface area contributed by atoms with Crippen LogP contribution in [0.25, 0.3) is 0 Å². The molecule has 1 aromatic carbocycles. The standard InChI is InChI=1S/C15H19N3O4S2/c1-15-7-6-13(19)18(15)12(9-23-15)14(20)16-10-4-3-5-11(8-10)17-24(2,21)22/h3-5,8,12,17H,6-7,9H2,1-2H3,(H,16,20)/t12-,15+/m1/s1. The molecule has 0 spiro atoms. The van der Waals surface area contributed by atoms with E-state index in [2.05, 4.69) is 10.0 Å². The molecule has 1 aromatic rings. The molecule has 0 unspecified atom stereocenters. The Kier molecular flexibility index (Phi) is 4.25. The molecule has 2 atom stereocenters. The zero-order chi connectivity index (χ0) is 17.5. The van der Waals surface area contributed by atoms with E-state index in [0.717, 1.165) is 12.7 Å². The zero-order valence-electron chi connectivity index (χ0n) is 13.4. The van der Waals surface area contributed by atoms with Crippen LogP contribution in [0.1, 0.15) is 19.8 Å². The largest absolute Gasteiger partial charge is 0.324 e. The molecule has 130 valence electrons. The zero-order valence-corrected chi connectivity index (χ0v) is 15.0. The average molecular weight is 369 g/mol. The number of thioether (sulfide) groups is 1. The van der Waals surface area contributed by atoms with Crippen molar-refractivity contribution >= 4 is 45.0 Å². The Hall–Kier alpha value is -1.74. The van der Waals surface area contributed by atoms with E-state index in [0.29, 0.717) is 23.5 Å². The fourth-order valence-corrected chi connectivity index (χ4v) is 5.10. The first-order chi connectivity index (χ1) is 11.2. The third-order valence-corrected chi connectivity index (χ3v) is 6.29. The molecular formula is C15H19N3O4S2. The summed E-state index contributed by atoms with van der Waals surface area (Å²) in [4.78, 5) is 26.1. The van der Waals surface area contributed by atoms with E-state index in [1.165, 1.54) is 0 Å². The van der Waals surface area contributed by atoms with Gasteiger partial charge in [-0.2, -0.15) is 0 Å². The van der Waals surface area contributed by atoms with Crippen LogP contribution >= 0.6 is 11.8 Å². The molecule has 2 saturated heterocycles. The van der Waals surface area contributed by atoms with Gasteiger partial charge in [0.25, 0.3) is 0 Å². The van der Waals surface area contributed by atoms with Gasteiger partial charge in [0, 0.05) is 17.9 Å². The lowest BCUT2D eigenvalue weighted by Crippen LogP contribution is -2.48. The van der Waals surface area contributed by atoms with Gasteiger partial charge in [0.15, 0.2) is 0 Å². The van der Waals surface area contributed by atoms with Gasteiger partial charge in [0.2, 0.25) is 21.8 Å². The second-order valence-corrected chi connectivity index (χ2v) is 9.46. The lowest BCUT2D eigenvalue weighted by atomic mass is 10.2. The van der Waals surface area contributed by atoms with E-state index < -0.39 is 16.1 Å². The van der Waals surface area contributed by atoms with Gasteiger partial charge >= 0.3 is 0 Å². The van der Waals surface area contributed by atoms with E-state index in [9.17, 15) is 18.0 Å². The molecule has 0 aliphatic carbocycles. The van der Waals surface area contributed by atoms with Crippen LogP contribution in [0.15, 0.2) is 24.3 Å². The van der Waals surface area contributed by atoms with E-state index in [1.807, 2.05) is 6.92 Å². The van der Waals surface area contributed by atoms with E-state index >= 15 is 0 Å². The van der Waals surface area contributed by atoms with Crippen molar-refractivity contribution in [3.8, 4) is 0 Å².